The van der Waals surface area contributed by atoms with Crippen molar-refractivity contribution in [1.29, 1.82) is 0 Å². The van der Waals surface area contributed by atoms with Crippen molar-refractivity contribution in [2.75, 3.05) is 26.3 Å². The Kier molecular flexibility index (Phi) is 3.73. The van der Waals surface area contributed by atoms with Gasteiger partial charge in [0, 0.05) is 37.7 Å². The molecule has 3 rings (SSSR count). The summed E-state index contributed by atoms with van der Waals surface area (Å²) in [5.74, 6) is -2.18. The van der Waals surface area contributed by atoms with E-state index < -0.39 is 5.92 Å². The van der Waals surface area contributed by atoms with Crippen molar-refractivity contribution in [2.24, 2.45) is 0 Å². The maximum absolute atomic E-state index is 13.3. The molecule has 0 saturated carbocycles. The fourth-order valence-electron chi connectivity index (χ4n) is 3.05. The Labute approximate surface area is 117 Å². The number of hydrogen-bond donors (Lipinski definition) is 0. The molecule has 0 aliphatic carbocycles. The van der Waals surface area contributed by atoms with E-state index in [1.165, 1.54) is 5.56 Å². The second-order valence-corrected chi connectivity index (χ2v) is 5.87. The monoisotopic (exact) mass is 282 g/mol. The Morgan fingerprint density at radius 3 is 2.95 bits per heavy atom. The molecule has 0 spiro atoms. The summed E-state index contributed by atoms with van der Waals surface area (Å²) in [6, 6.07) is 4.08. The van der Waals surface area contributed by atoms with E-state index in [-0.39, 0.29) is 13.0 Å². The van der Waals surface area contributed by atoms with Crippen molar-refractivity contribution in [2.45, 2.75) is 38.2 Å². The van der Waals surface area contributed by atoms with Gasteiger partial charge in [-0.25, -0.2) is 8.78 Å². The lowest BCUT2D eigenvalue weighted by Crippen LogP contribution is -2.26. The van der Waals surface area contributed by atoms with E-state index in [9.17, 15) is 8.78 Å². The molecule has 0 aromatic carbocycles. The third-order valence-electron chi connectivity index (χ3n) is 4.14. The van der Waals surface area contributed by atoms with E-state index in [2.05, 4.69) is 11.1 Å². The SMILES string of the molecule is Cc1ccc(C2CCOC2)c(CN2CCC(F)(F)C2)n1. The average molecular weight is 282 g/mol. The summed E-state index contributed by atoms with van der Waals surface area (Å²) in [5.41, 5.74) is 3.05. The number of aryl methyl sites for hydroxylation is 1. The third-order valence-corrected chi connectivity index (χ3v) is 4.14. The lowest BCUT2D eigenvalue weighted by atomic mass is 9.96. The highest BCUT2D eigenvalue weighted by atomic mass is 19.3. The van der Waals surface area contributed by atoms with Crippen LogP contribution < -0.4 is 0 Å². The Balaban J connectivity index is 1.79. The smallest absolute Gasteiger partial charge is 0.261 e. The largest absolute Gasteiger partial charge is 0.381 e. The molecular weight excluding hydrogens is 262 g/mol. The van der Waals surface area contributed by atoms with Crippen LogP contribution in [0.2, 0.25) is 0 Å². The predicted molar refractivity (Wildman–Crippen MR) is 72.0 cm³/mol. The lowest BCUT2D eigenvalue weighted by Gasteiger charge is -2.19. The number of aromatic nitrogens is 1. The minimum Gasteiger partial charge on any atom is -0.381 e. The first kappa shape index (κ1) is 13.9. The van der Waals surface area contributed by atoms with Gasteiger partial charge in [0.05, 0.1) is 18.8 Å². The molecule has 2 fully saturated rings. The molecule has 1 atom stereocenters. The number of ether oxygens (including phenoxy) is 1. The summed E-state index contributed by atoms with van der Waals surface area (Å²) in [5, 5.41) is 0. The van der Waals surface area contributed by atoms with Crippen molar-refractivity contribution in [3.05, 3.63) is 29.1 Å². The molecule has 5 heteroatoms. The summed E-state index contributed by atoms with van der Waals surface area (Å²) in [4.78, 5) is 6.39. The quantitative estimate of drug-likeness (QED) is 0.852. The maximum atomic E-state index is 13.3. The topological polar surface area (TPSA) is 25.4 Å². The molecule has 1 unspecified atom stereocenters. The van der Waals surface area contributed by atoms with Crippen LogP contribution in [-0.2, 0) is 11.3 Å². The van der Waals surface area contributed by atoms with Crippen LogP contribution in [0.3, 0.4) is 0 Å². The average Bonchev–Trinajstić information content (AvgIpc) is 2.99. The molecule has 0 amide bonds. The molecule has 2 aliphatic rings. The van der Waals surface area contributed by atoms with Crippen LogP contribution in [0.1, 0.15) is 35.7 Å². The van der Waals surface area contributed by atoms with Gasteiger partial charge in [0.2, 0.25) is 0 Å². The second-order valence-electron chi connectivity index (χ2n) is 5.87. The van der Waals surface area contributed by atoms with E-state index in [0.29, 0.717) is 25.6 Å². The summed E-state index contributed by atoms with van der Waals surface area (Å²) in [7, 11) is 0. The van der Waals surface area contributed by atoms with Crippen LogP contribution in [0.15, 0.2) is 12.1 Å². The minimum absolute atomic E-state index is 0.0410. The molecule has 1 aromatic heterocycles. The number of likely N-dealkylation sites (tertiary alicyclic amines) is 1. The molecule has 0 bridgehead atoms. The zero-order chi connectivity index (χ0) is 14.2. The van der Waals surface area contributed by atoms with Crippen LogP contribution in [-0.4, -0.2) is 42.1 Å². The Bertz CT molecular complexity index is 487. The molecule has 1 aromatic rings. The van der Waals surface area contributed by atoms with Crippen LogP contribution in [0.5, 0.6) is 0 Å². The summed E-state index contributed by atoms with van der Waals surface area (Å²) in [6.45, 7) is 4.25. The summed E-state index contributed by atoms with van der Waals surface area (Å²) in [6.07, 6.45) is 0.953. The van der Waals surface area contributed by atoms with Gasteiger partial charge < -0.3 is 4.74 Å². The number of alkyl halides is 2. The van der Waals surface area contributed by atoms with Crippen LogP contribution in [0.4, 0.5) is 8.78 Å². The zero-order valence-electron chi connectivity index (χ0n) is 11.7. The van der Waals surface area contributed by atoms with Crippen LogP contribution in [0.25, 0.3) is 0 Å². The Hall–Kier alpha value is -1.07. The molecule has 2 saturated heterocycles. The highest BCUT2D eigenvalue weighted by molar-refractivity contribution is 5.27. The molecule has 110 valence electrons. The molecular formula is C15H20F2N2O. The van der Waals surface area contributed by atoms with Gasteiger partial charge in [0.25, 0.3) is 5.92 Å². The first-order chi connectivity index (χ1) is 9.53. The van der Waals surface area contributed by atoms with Gasteiger partial charge in [-0.3, -0.25) is 9.88 Å². The standard InChI is InChI=1S/C15H20F2N2O/c1-11-2-3-13(12-4-7-20-9-12)14(18-11)8-19-6-5-15(16,17)10-19/h2-3,12H,4-10H2,1H3. The molecule has 20 heavy (non-hydrogen) atoms. The van der Waals surface area contributed by atoms with Gasteiger partial charge in [-0.2, -0.15) is 0 Å². The molecule has 3 heterocycles. The molecule has 0 radical (unpaired) electrons. The fourth-order valence-corrected chi connectivity index (χ4v) is 3.05. The van der Waals surface area contributed by atoms with Crippen molar-refractivity contribution in [3.63, 3.8) is 0 Å². The van der Waals surface area contributed by atoms with Crippen molar-refractivity contribution in [1.82, 2.24) is 9.88 Å². The first-order valence-corrected chi connectivity index (χ1v) is 7.18. The highest BCUT2D eigenvalue weighted by Crippen LogP contribution is 2.31. The normalized spacial score (nSPS) is 26.2. The number of nitrogens with zero attached hydrogens (tertiary/aromatic N) is 2. The van der Waals surface area contributed by atoms with Crippen LogP contribution >= 0.6 is 0 Å². The zero-order valence-corrected chi connectivity index (χ0v) is 11.7. The lowest BCUT2D eigenvalue weighted by molar-refractivity contribution is 0.0113. The van der Waals surface area contributed by atoms with Crippen molar-refractivity contribution >= 4 is 0 Å². The van der Waals surface area contributed by atoms with Gasteiger partial charge in [0.1, 0.15) is 0 Å². The number of hydrogen-bond acceptors (Lipinski definition) is 3. The van der Waals surface area contributed by atoms with Gasteiger partial charge in [-0.05, 0) is 25.0 Å². The second kappa shape index (κ2) is 5.37. The number of rotatable bonds is 3. The fraction of sp³-hybridized carbons (Fsp3) is 0.667. The van der Waals surface area contributed by atoms with Gasteiger partial charge in [0.15, 0.2) is 0 Å². The Morgan fingerprint density at radius 2 is 2.30 bits per heavy atom. The molecule has 2 aliphatic heterocycles. The van der Waals surface area contributed by atoms with Crippen LogP contribution in [0, 0.1) is 6.92 Å². The van der Waals surface area contributed by atoms with E-state index in [0.717, 1.165) is 24.4 Å². The number of pyridine rings is 1. The summed E-state index contributed by atoms with van der Waals surface area (Å²) >= 11 is 0. The van der Waals surface area contributed by atoms with Gasteiger partial charge in [-0.1, -0.05) is 6.07 Å². The summed E-state index contributed by atoms with van der Waals surface area (Å²) < 4.78 is 32.0. The Morgan fingerprint density at radius 1 is 1.45 bits per heavy atom. The highest BCUT2D eigenvalue weighted by Gasteiger charge is 2.38. The van der Waals surface area contributed by atoms with E-state index in [1.807, 2.05) is 13.0 Å². The van der Waals surface area contributed by atoms with Crippen molar-refractivity contribution < 1.29 is 13.5 Å². The van der Waals surface area contributed by atoms with Gasteiger partial charge >= 0.3 is 0 Å². The molecule has 0 N–H and O–H groups in total. The predicted octanol–water partition coefficient (Wildman–Crippen LogP) is 2.73. The van der Waals surface area contributed by atoms with E-state index >= 15 is 0 Å². The minimum atomic E-state index is -2.54. The van der Waals surface area contributed by atoms with E-state index in [4.69, 9.17) is 4.74 Å². The van der Waals surface area contributed by atoms with Gasteiger partial charge in [-0.15, -0.1) is 0 Å². The van der Waals surface area contributed by atoms with Crippen molar-refractivity contribution in [3.8, 4) is 0 Å². The third kappa shape index (κ3) is 2.99. The van der Waals surface area contributed by atoms with E-state index in [1.54, 1.807) is 4.90 Å². The number of halogens is 2. The molecule has 3 nitrogen and oxygen atoms in total. The maximum Gasteiger partial charge on any atom is 0.261 e. The first-order valence-electron chi connectivity index (χ1n) is 7.18.